The Bertz CT molecular complexity index is 2760. The summed E-state index contributed by atoms with van der Waals surface area (Å²) in [5.41, 5.74) is 13.0. The third-order valence-electron chi connectivity index (χ3n) is 10.3. The van der Waals surface area contributed by atoms with Crippen LogP contribution in [0.1, 0.15) is 4.88 Å². The Hall–Kier alpha value is -7.56. The minimum atomic E-state index is -1.23. The lowest BCUT2D eigenvalue weighted by molar-refractivity contribution is -0.132. The van der Waals surface area contributed by atoms with Crippen molar-refractivity contribution in [1.82, 2.24) is 0 Å². The molecular weight excluding hydrogens is 773 g/mol. The summed E-state index contributed by atoms with van der Waals surface area (Å²) in [5.74, 6) is -1.23. The van der Waals surface area contributed by atoms with E-state index in [4.69, 9.17) is 0 Å². The van der Waals surface area contributed by atoms with E-state index < -0.39 is 5.97 Å². The van der Waals surface area contributed by atoms with Gasteiger partial charge in [0.2, 0.25) is 0 Å². The van der Waals surface area contributed by atoms with Gasteiger partial charge >= 0.3 is 5.97 Å². The minimum absolute atomic E-state index is 0.282. The third kappa shape index (κ3) is 8.22. The largest absolute Gasteiger partial charge is 0.477 e. The third-order valence-corrected chi connectivity index (χ3v) is 12.7. The van der Waals surface area contributed by atoms with Crippen molar-refractivity contribution < 1.29 is 9.90 Å². The maximum absolute atomic E-state index is 11.4. The van der Waals surface area contributed by atoms with Crippen molar-refractivity contribution in [2.24, 2.45) is 0 Å². The number of benzene rings is 7. The molecule has 0 saturated heterocycles. The zero-order valence-corrected chi connectivity index (χ0v) is 33.9. The van der Waals surface area contributed by atoms with Crippen molar-refractivity contribution in [3.63, 3.8) is 0 Å². The number of aliphatic carboxylic acids is 1. The maximum atomic E-state index is 11.4. The van der Waals surface area contributed by atoms with Gasteiger partial charge in [-0.05, 0) is 129 Å². The first-order valence-electron chi connectivity index (χ1n) is 19.5. The molecule has 7 aromatic carbocycles. The van der Waals surface area contributed by atoms with Crippen molar-refractivity contribution in [1.29, 1.82) is 5.26 Å². The maximum Gasteiger partial charge on any atom is 0.346 e. The topological polar surface area (TPSA) is 64.3 Å². The zero-order chi connectivity index (χ0) is 40.8. The molecule has 6 heteroatoms. The summed E-state index contributed by atoms with van der Waals surface area (Å²) < 4.78 is 0. The molecule has 60 heavy (non-hydrogen) atoms. The number of nitrogens with zero attached hydrogens (tertiary/aromatic N) is 2. The molecule has 0 fully saturated rings. The van der Waals surface area contributed by atoms with Crippen LogP contribution < -0.4 is 4.90 Å². The van der Waals surface area contributed by atoms with E-state index in [2.05, 4.69) is 199 Å². The van der Waals surface area contributed by atoms with Crippen LogP contribution in [0.5, 0.6) is 0 Å². The Balaban J connectivity index is 1.18. The van der Waals surface area contributed by atoms with Gasteiger partial charge in [-0.3, -0.25) is 0 Å². The Morgan fingerprint density at radius 3 is 1.25 bits per heavy atom. The molecule has 0 atom stereocenters. The molecular formula is C54H36N2O2S2. The van der Waals surface area contributed by atoms with E-state index in [1.165, 1.54) is 17.4 Å². The van der Waals surface area contributed by atoms with Crippen molar-refractivity contribution in [3.8, 4) is 70.8 Å². The normalized spacial score (nSPS) is 11.2. The lowest BCUT2D eigenvalue weighted by Crippen LogP contribution is -2.11. The van der Waals surface area contributed by atoms with Gasteiger partial charge in [-0.2, -0.15) is 5.26 Å². The first kappa shape index (κ1) is 38.0. The minimum Gasteiger partial charge on any atom is -0.477 e. The van der Waals surface area contributed by atoms with Crippen LogP contribution in [0.15, 0.2) is 212 Å². The molecule has 1 N–H and O–H groups in total. The average molecular weight is 809 g/mol. The van der Waals surface area contributed by atoms with E-state index in [-0.39, 0.29) is 5.57 Å². The average Bonchev–Trinajstić information content (AvgIpc) is 4.00. The van der Waals surface area contributed by atoms with Crippen LogP contribution in [0.3, 0.4) is 0 Å². The van der Waals surface area contributed by atoms with Gasteiger partial charge in [0, 0.05) is 36.6 Å². The monoisotopic (exact) mass is 808 g/mol. The first-order chi connectivity index (χ1) is 29.5. The van der Waals surface area contributed by atoms with Crippen LogP contribution in [-0.4, -0.2) is 11.1 Å². The van der Waals surface area contributed by atoms with E-state index in [9.17, 15) is 15.2 Å². The van der Waals surface area contributed by atoms with Crippen molar-refractivity contribution >= 4 is 51.8 Å². The molecule has 9 rings (SSSR count). The Morgan fingerprint density at radius 2 is 0.833 bits per heavy atom. The molecule has 2 aromatic heterocycles. The lowest BCUT2D eigenvalue weighted by Gasteiger charge is -2.28. The Kier molecular flexibility index (Phi) is 10.8. The predicted molar refractivity (Wildman–Crippen MR) is 251 cm³/mol. The molecule has 0 aliphatic heterocycles. The number of nitriles is 1. The fraction of sp³-hybridized carbons (Fsp3) is 0. The number of rotatable bonds is 11. The molecule has 0 bridgehead atoms. The summed E-state index contributed by atoms with van der Waals surface area (Å²) in [7, 11) is 0. The molecule has 0 aliphatic rings. The molecule has 9 aromatic rings. The first-order valence-corrected chi connectivity index (χ1v) is 21.1. The molecule has 4 nitrogen and oxygen atoms in total. The molecule has 0 spiro atoms. The van der Waals surface area contributed by atoms with Gasteiger partial charge in [0.15, 0.2) is 0 Å². The number of anilines is 3. The highest BCUT2D eigenvalue weighted by atomic mass is 32.1. The molecule has 0 amide bonds. The van der Waals surface area contributed by atoms with Crippen molar-refractivity contribution in [2.45, 2.75) is 0 Å². The van der Waals surface area contributed by atoms with Gasteiger partial charge in [-0.25, -0.2) is 4.79 Å². The summed E-state index contributed by atoms with van der Waals surface area (Å²) in [4.78, 5) is 17.7. The van der Waals surface area contributed by atoms with Gasteiger partial charge in [0.1, 0.15) is 11.6 Å². The highest BCUT2D eigenvalue weighted by molar-refractivity contribution is 7.24. The fourth-order valence-electron chi connectivity index (χ4n) is 7.36. The number of carboxylic acids is 1. The second kappa shape index (κ2) is 17.1. The van der Waals surface area contributed by atoms with Crippen molar-refractivity contribution in [3.05, 3.63) is 217 Å². The van der Waals surface area contributed by atoms with Crippen LogP contribution in [0, 0.1) is 11.3 Å². The van der Waals surface area contributed by atoms with E-state index >= 15 is 0 Å². The van der Waals surface area contributed by atoms with Crippen LogP contribution >= 0.6 is 22.7 Å². The number of carboxylic acid groups (broad SMARTS) is 1. The van der Waals surface area contributed by atoms with E-state index in [1.54, 1.807) is 17.4 Å². The van der Waals surface area contributed by atoms with E-state index in [0.29, 0.717) is 0 Å². The predicted octanol–water partition coefficient (Wildman–Crippen LogP) is 15.3. The standard InChI is InChI=1S/C54H36N2O2S2/c55-36-46(54(57)58)35-50-25-26-52(59-50)53-28-27-51(60-53)41-21-23-47(24-22-41)56(48-31-42(37-13-5-1-6-14-37)29-43(32-48)38-15-7-2-8-16-38)49-33-44(39-17-9-3-10-18-39)30-45(34-49)40-19-11-4-12-20-40/h1-35H,(H,57,58)/b46-35+. The second-order valence-electron chi connectivity index (χ2n) is 14.2. The van der Waals surface area contributed by atoms with Gasteiger partial charge in [0.05, 0.1) is 0 Å². The molecule has 0 aliphatic carbocycles. The second-order valence-corrected chi connectivity index (χ2v) is 16.4. The summed E-state index contributed by atoms with van der Waals surface area (Å²) in [5, 5.41) is 18.6. The number of thiophene rings is 2. The molecule has 0 unspecified atom stereocenters. The van der Waals surface area contributed by atoms with Crippen LogP contribution in [-0.2, 0) is 4.79 Å². The summed E-state index contributed by atoms with van der Waals surface area (Å²) in [6, 6.07) is 74.6. The summed E-state index contributed by atoms with van der Waals surface area (Å²) in [6.07, 6.45) is 1.42. The SMILES string of the molecule is N#C/C(=C\c1ccc(-c2ccc(-c3ccc(N(c4cc(-c5ccccc5)cc(-c5ccccc5)c4)c4cc(-c5ccccc5)cc(-c5ccccc5)c4)cc3)s2)s1)C(=O)O. The Morgan fingerprint density at radius 1 is 0.433 bits per heavy atom. The smallest absolute Gasteiger partial charge is 0.346 e. The van der Waals surface area contributed by atoms with Crippen molar-refractivity contribution in [2.75, 3.05) is 4.90 Å². The number of hydrogen-bond donors (Lipinski definition) is 1. The van der Waals surface area contributed by atoms with Gasteiger partial charge in [-0.15, -0.1) is 22.7 Å². The summed E-state index contributed by atoms with van der Waals surface area (Å²) >= 11 is 3.15. The number of hydrogen-bond acceptors (Lipinski definition) is 5. The van der Waals surface area contributed by atoms with Crippen LogP contribution in [0.2, 0.25) is 0 Å². The zero-order valence-electron chi connectivity index (χ0n) is 32.3. The quantitative estimate of drug-likeness (QED) is 0.104. The highest BCUT2D eigenvalue weighted by Crippen LogP contribution is 2.44. The summed E-state index contributed by atoms with van der Waals surface area (Å²) in [6.45, 7) is 0. The van der Waals surface area contributed by atoms with E-state index in [1.807, 2.05) is 12.1 Å². The molecule has 286 valence electrons. The molecule has 2 heterocycles. The lowest BCUT2D eigenvalue weighted by atomic mass is 9.95. The molecule has 0 saturated carbocycles. The highest BCUT2D eigenvalue weighted by Gasteiger charge is 2.19. The van der Waals surface area contributed by atoms with E-state index in [0.717, 1.165) is 86.6 Å². The Labute approximate surface area is 357 Å². The van der Waals surface area contributed by atoms with Crippen LogP contribution in [0.4, 0.5) is 17.1 Å². The number of carbonyl (C=O) groups is 1. The fourth-order valence-corrected chi connectivity index (χ4v) is 9.42. The van der Waals surface area contributed by atoms with Crippen LogP contribution in [0.25, 0.3) is 70.8 Å². The van der Waals surface area contributed by atoms with Gasteiger partial charge in [-0.1, -0.05) is 133 Å². The van der Waals surface area contributed by atoms with Gasteiger partial charge < -0.3 is 10.0 Å². The molecule has 0 radical (unpaired) electrons. The van der Waals surface area contributed by atoms with Gasteiger partial charge in [0.25, 0.3) is 0 Å².